The van der Waals surface area contributed by atoms with Gasteiger partial charge in [0.25, 0.3) is 0 Å². The van der Waals surface area contributed by atoms with Crippen LogP contribution in [0.2, 0.25) is 0 Å². The molecule has 1 aromatic heterocycles. The van der Waals surface area contributed by atoms with Crippen LogP contribution in [0.5, 0.6) is 0 Å². The molecule has 0 saturated carbocycles. The Balaban J connectivity index is 2.23. The van der Waals surface area contributed by atoms with Crippen molar-refractivity contribution in [1.29, 1.82) is 0 Å². The van der Waals surface area contributed by atoms with Crippen LogP contribution in [0.25, 0.3) is 0 Å². The average Bonchev–Trinajstić information content (AvgIpc) is 2.38. The molecule has 1 heterocycles. The minimum atomic E-state index is -0.934. The van der Waals surface area contributed by atoms with E-state index in [0.29, 0.717) is 5.82 Å². The van der Waals surface area contributed by atoms with Gasteiger partial charge in [0, 0.05) is 23.4 Å². The summed E-state index contributed by atoms with van der Waals surface area (Å²) < 4.78 is 0. The molecule has 0 saturated heterocycles. The van der Waals surface area contributed by atoms with Gasteiger partial charge in [-0.25, -0.2) is 14.8 Å². The highest BCUT2D eigenvalue weighted by molar-refractivity contribution is 5.88. The number of carboxylic acid groups (broad SMARTS) is 1. The van der Waals surface area contributed by atoms with Crippen molar-refractivity contribution in [2.75, 3.05) is 5.32 Å². The van der Waals surface area contributed by atoms with E-state index in [1.807, 2.05) is 26.8 Å². The molecule has 0 aliphatic heterocycles. The maximum atomic E-state index is 10.8. The monoisotopic (exact) mass is 271 g/mol. The lowest BCUT2D eigenvalue weighted by molar-refractivity contribution is 0.0697. The van der Waals surface area contributed by atoms with Crippen LogP contribution < -0.4 is 5.32 Å². The molecule has 0 aliphatic rings. The number of aromatic nitrogens is 2. The van der Waals surface area contributed by atoms with Gasteiger partial charge < -0.3 is 10.4 Å². The van der Waals surface area contributed by atoms with Gasteiger partial charge in [-0.3, -0.25) is 0 Å². The first-order valence-corrected chi connectivity index (χ1v) is 6.41. The van der Waals surface area contributed by atoms with E-state index in [1.165, 1.54) is 0 Å². The highest BCUT2D eigenvalue weighted by atomic mass is 16.4. The van der Waals surface area contributed by atoms with Crippen molar-refractivity contribution in [3.05, 3.63) is 47.4 Å². The van der Waals surface area contributed by atoms with E-state index in [-0.39, 0.29) is 11.5 Å². The molecule has 0 unspecified atom stereocenters. The molecule has 0 radical (unpaired) electrons. The quantitative estimate of drug-likeness (QED) is 0.891. The Morgan fingerprint density at radius 2 is 1.85 bits per heavy atom. The topological polar surface area (TPSA) is 75.1 Å². The standard InChI is InChI=1S/C15H17N3O2/c1-9(2)14-16-10(3)8-13(18-14)17-12-6-4-11(5-7-12)15(19)20/h4-9H,1-3H3,(H,19,20)(H,16,17,18). The molecule has 0 aliphatic carbocycles. The number of aromatic carboxylic acids is 1. The van der Waals surface area contributed by atoms with E-state index in [2.05, 4.69) is 15.3 Å². The van der Waals surface area contributed by atoms with Gasteiger partial charge in [-0.2, -0.15) is 0 Å². The predicted molar refractivity (Wildman–Crippen MR) is 77.5 cm³/mol. The van der Waals surface area contributed by atoms with E-state index in [4.69, 9.17) is 5.11 Å². The van der Waals surface area contributed by atoms with Crippen LogP contribution in [0.1, 0.15) is 41.6 Å². The number of aryl methyl sites for hydroxylation is 1. The molecular formula is C15H17N3O2. The summed E-state index contributed by atoms with van der Waals surface area (Å²) in [5.41, 5.74) is 1.95. The summed E-state index contributed by atoms with van der Waals surface area (Å²) in [6, 6.07) is 8.41. The summed E-state index contributed by atoms with van der Waals surface area (Å²) in [6.07, 6.45) is 0. The predicted octanol–water partition coefficient (Wildman–Crippen LogP) is 3.35. The zero-order valence-corrected chi connectivity index (χ0v) is 11.7. The van der Waals surface area contributed by atoms with Crippen molar-refractivity contribution in [1.82, 2.24) is 9.97 Å². The second kappa shape index (κ2) is 5.69. The maximum absolute atomic E-state index is 10.8. The Labute approximate surface area is 117 Å². The first kappa shape index (κ1) is 14.0. The van der Waals surface area contributed by atoms with Crippen molar-refractivity contribution < 1.29 is 9.90 Å². The number of carbonyl (C=O) groups is 1. The first-order chi connectivity index (χ1) is 9.45. The SMILES string of the molecule is Cc1cc(Nc2ccc(C(=O)O)cc2)nc(C(C)C)n1. The smallest absolute Gasteiger partial charge is 0.335 e. The van der Waals surface area contributed by atoms with E-state index < -0.39 is 5.97 Å². The molecule has 5 nitrogen and oxygen atoms in total. The van der Waals surface area contributed by atoms with Crippen LogP contribution in [0.3, 0.4) is 0 Å². The van der Waals surface area contributed by atoms with Crippen LogP contribution in [0.4, 0.5) is 11.5 Å². The molecule has 2 N–H and O–H groups in total. The first-order valence-electron chi connectivity index (χ1n) is 6.41. The van der Waals surface area contributed by atoms with Crippen LogP contribution in [-0.2, 0) is 0 Å². The highest BCUT2D eigenvalue weighted by Gasteiger charge is 2.07. The van der Waals surface area contributed by atoms with Crippen LogP contribution in [0.15, 0.2) is 30.3 Å². The largest absolute Gasteiger partial charge is 0.478 e. The number of carboxylic acids is 1. The Morgan fingerprint density at radius 3 is 2.40 bits per heavy atom. The number of rotatable bonds is 4. The number of anilines is 2. The molecule has 1 aromatic carbocycles. The second-order valence-corrected chi connectivity index (χ2v) is 4.91. The van der Waals surface area contributed by atoms with Gasteiger partial charge in [0.05, 0.1) is 5.56 Å². The fourth-order valence-electron chi connectivity index (χ4n) is 1.76. The van der Waals surface area contributed by atoms with Crippen molar-refractivity contribution in [2.45, 2.75) is 26.7 Å². The number of benzene rings is 1. The van der Waals surface area contributed by atoms with Crippen LogP contribution in [0, 0.1) is 6.92 Å². The third kappa shape index (κ3) is 3.32. The van der Waals surface area contributed by atoms with Crippen LogP contribution >= 0.6 is 0 Å². The molecule has 104 valence electrons. The van der Waals surface area contributed by atoms with Crippen molar-refractivity contribution in [3.8, 4) is 0 Å². The molecule has 0 atom stereocenters. The summed E-state index contributed by atoms with van der Waals surface area (Å²) in [6.45, 7) is 6.01. The zero-order valence-electron chi connectivity index (χ0n) is 11.7. The molecule has 20 heavy (non-hydrogen) atoms. The highest BCUT2D eigenvalue weighted by Crippen LogP contribution is 2.18. The lowest BCUT2D eigenvalue weighted by atomic mass is 10.2. The average molecular weight is 271 g/mol. The van der Waals surface area contributed by atoms with Gasteiger partial charge in [0.1, 0.15) is 11.6 Å². The molecular weight excluding hydrogens is 254 g/mol. The summed E-state index contributed by atoms with van der Waals surface area (Å²) >= 11 is 0. The zero-order chi connectivity index (χ0) is 14.7. The van der Waals surface area contributed by atoms with Crippen molar-refractivity contribution >= 4 is 17.5 Å². The minimum Gasteiger partial charge on any atom is -0.478 e. The Hall–Kier alpha value is -2.43. The lowest BCUT2D eigenvalue weighted by Gasteiger charge is -2.10. The van der Waals surface area contributed by atoms with E-state index in [1.54, 1.807) is 24.3 Å². The summed E-state index contributed by atoms with van der Waals surface area (Å²) in [4.78, 5) is 19.6. The summed E-state index contributed by atoms with van der Waals surface area (Å²) in [5, 5.41) is 12.0. The molecule has 2 rings (SSSR count). The number of nitrogens with one attached hydrogen (secondary N) is 1. The maximum Gasteiger partial charge on any atom is 0.335 e. The Kier molecular flexibility index (Phi) is 3.98. The number of nitrogens with zero attached hydrogens (tertiary/aromatic N) is 2. The summed E-state index contributed by atoms with van der Waals surface area (Å²) in [5.74, 6) is 0.820. The fourth-order valence-corrected chi connectivity index (χ4v) is 1.76. The van der Waals surface area contributed by atoms with E-state index in [0.717, 1.165) is 17.2 Å². The third-order valence-electron chi connectivity index (χ3n) is 2.79. The molecule has 0 amide bonds. The van der Waals surface area contributed by atoms with Crippen molar-refractivity contribution in [2.24, 2.45) is 0 Å². The van der Waals surface area contributed by atoms with E-state index in [9.17, 15) is 4.79 Å². The molecule has 0 bridgehead atoms. The van der Waals surface area contributed by atoms with Gasteiger partial charge in [-0.15, -0.1) is 0 Å². The molecule has 5 heteroatoms. The molecule has 0 fully saturated rings. The second-order valence-electron chi connectivity index (χ2n) is 4.91. The number of hydrogen-bond acceptors (Lipinski definition) is 4. The van der Waals surface area contributed by atoms with Gasteiger partial charge >= 0.3 is 5.97 Å². The van der Waals surface area contributed by atoms with Gasteiger partial charge in [-0.1, -0.05) is 13.8 Å². The van der Waals surface area contributed by atoms with Gasteiger partial charge in [-0.05, 0) is 31.2 Å². The van der Waals surface area contributed by atoms with Crippen LogP contribution in [-0.4, -0.2) is 21.0 Å². The normalized spacial score (nSPS) is 10.6. The fraction of sp³-hybridized carbons (Fsp3) is 0.267. The molecule has 0 spiro atoms. The van der Waals surface area contributed by atoms with Crippen molar-refractivity contribution in [3.63, 3.8) is 0 Å². The Morgan fingerprint density at radius 1 is 1.20 bits per heavy atom. The van der Waals surface area contributed by atoms with Gasteiger partial charge in [0.15, 0.2) is 0 Å². The number of hydrogen-bond donors (Lipinski definition) is 2. The lowest BCUT2D eigenvalue weighted by Crippen LogP contribution is -2.03. The van der Waals surface area contributed by atoms with E-state index >= 15 is 0 Å². The Bertz CT molecular complexity index is 622. The third-order valence-corrected chi connectivity index (χ3v) is 2.79. The summed E-state index contributed by atoms with van der Waals surface area (Å²) in [7, 11) is 0. The minimum absolute atomic E-state index is 0.254. The molecule has 2 aromatic rings. The van der Waals surface area contributed by atoms with Gasteiger partial charge in [0.2, 0.25) is 0 Å².